The van der Waals surface area contributed by atoms with E-state index in [1.807, 2.05) is 4.90 Å². The van der Waals surface area contributed by atoms with Gasteiger partial charge in [0, 0.05) is 30.7 Å². The first-order valence-electron chi connectivity index (χ1n) is 12.3. The Morgan fingerprint density at radius 1 is 0.947 bits per heavy atom. The molecule has 0 bridgehead atoms. The van der Waals surface area contributed by atoms with Crippen molar-refractivity contribution in [1.82, 2.24) is 24.4 Å². The van der Waals surface area contributed by atoms with Crippen LogP contribution in [0.5, 0.6) is 0 Å². The number of aromatic nitrogens is 4. The van der Waals surface area contributed by atoms with Gasteiger partial charge in [0.05, 0.1) is 5.56 Å². The van der Waals surface area contributed by atoms with Crippen LogP contribution in [-0.2, 0) is 12.7 Å². The largest absolute Gasteiger partial charge is 0.416 e. The second kappa shape index (κ2) is 10.7. The van der Waals surface area contributed by atoms with E-state index in [0.717, 1.165) is 44.1 Å². The third-order valence-corrected chi connectivity index (χ3v) is 6.49. The molecule has 1 saturated heterocycles. The lowest BCUT2D eigenvalue weighted by Crippen LogP contribution is -2.30. The van der Waals surface area contributed by atoms with E-state index >= 15 is 0 Å². The number of carbonyl (C=O) groups is 1. The van der Waals surface area contributed by atoms with Gasteiger partial charge in [-0.25, -0.2) is 19.7 Å². The van der Waals surface area contributed by atoms with Crippen molar-refractivity contribution in [1.29, 1.82) is 0 Å². The van der Waals surface area contributed by atoms with Gasteiger partial charge in [-0.3, -0.25) is 9.47 Å². The van der Waals surface area contributed by atoms with Crippen molar-refractivity contribution in [2.24, 2.45) is 0 Å². The van der Waals surface area contributed by atoms with Crippen molar-refractivity contribution < 1.29 is 18.0 Å². The minimum absolute atomic E-state index is 0.0683. The number of hydrogen-bond acceptors (Lipinski definition) is 6. The van der Waals surface area contributed by atoms with Gasteiger partial charge in [0.1, 0.15) is 12.7 Å². The summed E-state index contributed by atoms with van der Waals surface area (Å²) in [6.45, 7) is 1.82. The molecule has 0 unspecified atom stereocenters. The highest BCUT2D eigenvalue weighted by Crippen LogP contribution is 2.35. The maximum atomic E-state index is 13.8. The van der Waals surface area contributed by atoms with E-state index < -0.39 is 17.8 Å². The molecule has 2 amide bonds. The minimum atomic E-state index is -4.52. The SMILES string of the molecule is CNc1ncnc2c1ncn2-c1ccc(NC(=O)Nc2ccc(CN3CCCCC3)c(C(F)(F)F)c2)cc1. The number of hydrogen-bond donors (Lipinski definition) is 3. The van der Waals surface area contributed by atoms with Crippen molar-refractivity contribution in [2.45, 2.75) is 32.0 Å². The van der Waals surface area contributed by atoms with E-state index in [0.29, 0.717) is 22.7 Å². The fourth-order valence-corrected chi connectivity index (χ4v) is 4.62. The number of urea groups is 1. The Hall–Kier alpha value is -4.19. The summed E-state index contributed by atoms with van der Waals surface area (Å²) < 4.78 is 43.2. The van der Waals surface area contributed by atoms with Crippen molar-refractivity contribution >= 4 is 34.4 Å². The second-order valence-electron chi connectivity index (χ2n) is 9.09. The van der Waals surface area contributed by atoms with Gasteiger partial charge in [-0.2, -0.15) is 13.2 Å². The molecule has 2 aromatic heterocycles. The van der Waals surface area contributed by atoms with Crippen LogP contribution in [0.15, 0.2) is 55.1 Å². The summed E-state index contributed by atoms with van der Waals surface area (Å²) in [5.41, 5.74) is 2.02. The highest BCUT2D eigenvalue weighted by atomic mass is 19.4. The minimum Gasteiger partial charge on any atom is -0.371 e. The third kappa shape index (κ3) is 5.54. The molecule has 1 aliphatic heterocycles. The lowest BCUT2D eigenvalue weighted by Gasteiger charge is -2.27. The van der Waals surface area contributed by atoms with E-state index in [-0.39, 0.29) is 17.8 Å². The quantitative estimate of drug-likeness (QED) is 0.308. The average Bonchev–Trinajstić information content (AvgIpc) is 3.34. The van der Waals surface area contributed by atoms with Crippen molar-refractivity contribution in [2.75, 3.05) is 36.1 Å². The van der Waals surface area contributed by atoms with E-state index in [4.69, 9.17) is 0 Å². The number of anilines is 3. The summed E-state index contributed by atoms with van der Waals surface area (Å²) in [7, 11) is 1.75. The number of nitrogens with zero attached hydrogens (tertiary/aromatic N) is 5. The first-order chi connectivity index (χ1) is 18.3. The van der Waals surface area contributed by atoms with E-state index in [2.05, 4.69) is 30.9 Å². The predicted octanol–water partition coefficient (Wildman–Crippen LogP) is 5.51. The van der Waals surface area contributed by atoms with Crippen molar-refractivity contribution in [3.05, 3.63) is 66.2 Å². The molecular weight excluding hydrogens is 497 g/mol. The molecule has 0 radical (unpaired) electrons. The Labute approximate surface area is 217 Å². The molecule has 9 nitrogen and oxygen atoms in total. The molecule has 38 heavy (non-hydrogen) atoms. The number of likely N-dealkylation sites (tertiary alicyclic amines) is 1. The molecule has 0 atom stereocenters. The van der Waals surface area contributed by atoms with E-state index in [9.17, 15) is 18.0 Å². The predicted molar refractivity (Wildman–Crippen MR) is 139 cm³/mol. The first-order valence-corrected chi connectivity index (χ1v) is 12.3. The summed E-state index contributed by atoms with van der Waals surface area (Å²) in [4.78, 5) is 27.4. The van der Waals surface area contributed by atoms with Gasteiger partial charge in [-0.05, 0) is 67.9 Å². The summed E-state index contributed by atoms with van der Waals surface area (Å²) in [5.74, 6) is 0.608. The van der Waals surface area contributed by atoms with Crippen LogP contribution in [0.1, 0.15) is 30.4 Å². The molecule has 1 fully saturated rings. The molecule has 3 N–H and O–H groups in total. The van der Waals surface area contributed by atoms with Crippen LogP contribution in [0.3, 0.4) is 0 Å². The van der Waals surface area contributed by atoms with Gasteiger partial charge in [-0.15, -0.1) is 0 Å². The van der Waals surface area contributed by atoms with Gasteiger partial charge in [-0.1, -0.05) is 12.5 Å². The zero-order chi connectivity index (χ0) is 26.7. The first kappa shape index (κ1) is 25.5. The third-order valence-electron chi connectivity index (χ3n) is 6.49. The normalized spacial score (nSPS) is 14.4. The standard InChI is InChI=1S/C26H27F3N8O/c1-30-23-22-24(32-15-31-23)37(16-33-22)20-9-7-18(8-10-20)34-25(38)35-19-6-5-17(21(13-19)26(27,28)29)14-36-11-3-2-4-12-36/h5-10,13,15-16H,2-4,11-12,14H2,1H3,(H,30,31,32)(H2,34,35,38). The summed E-state index contributed by atoms with van der Waals surface area (Å²) in [5, 5.41) is 8.14. The molecule has 0 spiro atoms. The van der Waals surface area contributed by atoms with Crippen molar-refractivity contribution in [3.8, 4) is 5.69 Å². The van der Waals surface area contributed by atoms with E-state index in [1.165, 1.54) is 18.5 Å². The molecule has 1 aliphatic rings. The molecule has 0 saturated carbocycles. The van der Waals surface area contributed by atoms with Crippen LogP contribution in [0, 0.1) is 0 Å². The van der Waals surface area contributed by atoms with Crippen LogP contribution < -0.4 is 16.0 Å². The Balaban J connectivity index is 1.27. The lowest BCUT2D eigenvalue weighted by molar-refractivity contribution is -0.138. The van der Waals surface area contributed by atoms with Crippen molar-refractivity contribution in [3.63, 3.8) is 0 Å². The fourth-order valence-electron chi connectivity index (χ4n) is 4.62. The van der Waals surface area contributed by atoms with Gasteiger partial charge >= 0.3 is 12.2 Å². The molecule has 3 heterocycles. The number of alkyl halides is 3. The van der Waals surface area contributed by atoms with Gasteiger partial charge in [0.2, 0.25) is 0 Å². The Bertz CT molecular complexity index is 1430. The number of piperidine rings is 1. The smallest absolute Gasteiger partial charge is 0.371 e. The van der Waals surface area contributed by atoms with Gasteiger partial charge in [0.25, 0.3) is 0 Å². The summed E-state index contributed by atoms with van der Waals surface area (Å²) in [6, 6.07) is 10.2. The number of benzene rings is 2. The fraction of sp³-hybridized carbons (Fsp3) is 0.308. The second-order valence-corrected chi connectivity index (χ2v) is 9.09. The molecule has 0 aliphatic carbocycles. The molecular formula is C26H27F3N8O. The maximum Gasteiger partial charge on any atom is 0.416 e. The lowest BCUT2D eigenvalue weighted by atomic mass is 10.0. The number of halogens is 3. The molecule has 198 valence electrons. The van der Waals surface area contributed by atoms with Gasteiger partial charge < -0.3 is 16.0 Å². The van der Waals surface area contributed by atoms with Crippen LogP contribution in [-0.4, -0.2) is 50.6 Å². The molecule has 12 heteroatoms. The number of imidazole rings is 1. The zero-order valence-electron chi connectivity index (χ0n) is 20.7. The molecule has 5 rings (SSSR count). The number of nitrogens with one attached hydrogen (secondary N) is 3. The topological polar surface area (TPSA) is 100 Å². The number of amides is 2. The highest BCUT2D eigenvalue weighted by molar-refractivity contribution is 5.99. The number of rotatable bonds is 6. The molecule has 4 aromatic rings. The maximum absolute atomic E-state index is 13.8. The Morgan fingerprint density at radius 2 is 1.66 bits per heavy atom. The number of carbonyl (C=O) groups excluding carboxylic acids is 1. The van der Waals surface area contributed by atoms with Gasteiger partial charge in [0.15, 0.2) is 17.0 Å². The average molecular weight is 525 g/mol. The van der Waals surface area contributed by atoms with Crippen LogP contribution in [0.2, 0.25) is 0 Å². The number of fused-ring (bicyclic) bond motifs is 1. The highest BCUT2D eigenvalue weighted by Gasteiger charge is 2.34. The van der Waals surface area contributed by atoms with E-state index in [1.54, 1.807) is 42.2 Å². The van der Waals surface area contributed by atoms with Crippen LogP contribution in [0.25, 0.3) is 16.9 Å². The molecule has 2 aromatic carbocycles. The summed E-state index contributed by atoms with van der Waals surface area (Å²) >= 11 is 0. The monoisotopic (exact) mass is 524 g/mol. The van der Waals surface area contributed by atoms with Crippen LogP contribution >= 0.6 is 0 Å². The summed E-state index contributed by atoms with van der Waals surface area (Å²) in [6.07, 6.45) is 1.64. The Morgan fingerprint density at radius 3 is 2.37 bits per heavy atom. The zero-order valence-corrected chi connectivity index (χ0v) is 20.7. The Kier molecular flexibility index (Phi) is 7.14. The van der Waals surface area contributed by atoms with Crippen LogP contribution in [0.4, 0.5) is 35.2 Å².